The molecule has 0 radical (unpaired) electrons. The molecule has 0 aliphatic carbocycles. The predicted molar refractivity (Wildman–Crippen MR) is 80.6 cm³/mol. The van der Waals surface area contributed by atoms with Crippen molar-refractivity contribution in [2.75, 3.05) is 12.3 Å². The lowest BCUT2D eigenvalue weighted by Crippen LogP contribution is -2.23. The van der Waals surface area contributed by atoms with Crippen LogP contribution in [-0.4, -0.2) is 11.5 Å². The number of hydrogen-bond donors (Lipinski definition) is 2. The van der Waals surface area contributed by atoms with Gasteiger partial charge < -0.3 is 11.1 Å². The van der Waals surface area contributed by atoms with Gasteiger partial charge in [0, 0.05) is 21.8 Å². The van der Waals surface area contributed by atoms with Crippen molar-refractivity contribution in [3.63, 3.8) is 0 Å². The number of nitrogens with two attached hydrogens (primary N) is 1. The first-order valence-corrected chi connectivity index (χ1v) is 6.77. The number of nitrogen functional groups attached to an aromatic ring is 1. The summed E-state index contributed by atoms with van der Waals surface area (Å²) >= 11 is 12.1. The van der Waals surface area contributed by atoms with Gasteiger partial charge in [-0.05, 0) is 36.4 Å². The Labute approximate surface area is 122 Å². The molecule has 0 saturated carbocycles. The van der Waals surface area contributed by atoms with Gasteiger partial charge in [0.1, 0.15) is 5.82 Å². The first-order chi connectivity index (χ1) is 9.11. The van der Waals surface area contributed by atoms with Crippen LogP contribution in [0.2, 0.25) is 10.0 Å². The van der Waals surface area contributed by atoms with E-state index in [0.29, 0.717) is 15.9 Å². The number of anilines is 1. The van der Waals surface area contributed by atoms with Gasteiger partial charge in [0.2, 0.25) is 0 Å². The van der Waals surface area contributed by atoms with Crippen molar-refractivity contribution >= 4 is 29.0 Å². The Morgan fingerprint density at radius 2 is 1.95 bits per heavy atom. The van der Waals surface area contributed by atoms with E-state index in [9.17, 15) is 0 Å². The average molecular weight is 296 g/mol. The predicted octanol–water partition coefficient (Wildman–Crippen LogP) is 3.67. The Morgan fingerprint density at radius 1 is 1.26 bits per heavy atom. The number of aromatic nitrogens is 1. The van der Waals surface area contributed by atoms with E-state index in [-0.39, 0.29) is 6.04 Å². The maximum absolute atomic E-state index is 6.06. The maximum atomic E-state index is 6.06. The van der Waals surface area contributed by atoms with Crippen molar-refractivity contribution in [3.8, 4) is 0 Å². The number of hydrogen-bond acceptors (Lipinski definition) is 3. The molecule has 5 heteroatoms. The topological polar surface area (TPSA) is 50.9 Å². The Bertz CT molecular complexity index is 552. The molecular weight excluding hydrogens is 281 g/mol. The van der Waals surface area contributed by atoms with Crippen LogP contribution in [0.25, 0.3) is 0 Å². The lowest BCUT2D eigenvalue weighted by atomic mass is 9.99. The first kappa shape index (κ1) is 14.1. The summed E-state index contributed by atoms with van der Waals surface area (Å²) in [4.78, 5) is 4.12. The number of halogens is 2. The van der Waals surface area contributed by atoms with Crippen molar-refractivity contribution < 1.29 is 0 Å². The molecule has 2 aromatic rings. The number of pyridine rings is 1. The van der Waals surface area contributed by atoms with Gasteiger partial charge in [-0.25, -0.2) is 4.98 Å². The molecule has 1 unspecified atom stereocenters. The van der Waals surface area contributed by atoms with Crippen LogP contribution in [0, 0.1) is 0 Å². The van der Waals surface area contributed by atoms with Crippen molar-refractivity contribution in [2.45, 2.75) is 13.0 Å². The second kappa shape index (κ2) is 6.24. The quantitative estimate of drug-likeness (QED) is 0.905. The van der Waals surface area contributed by atoms with Gasteiger partial charge >= 0.3 is 0 Å². The monoisotopic (exact) mass is 295 g/mol. The number of nitrogens with one attached hydrogen (secondary N) is 1. The highest BCUT2D eigenvalue weighted by Crippen LogP contribution is 2.29. The fourth-order valence-electron chi connectivity index (χ4n) is 2.03. The number of nitrogens with zero attached hydrogens (tertiary/aromatic N) is 1. The van der Waals surface area contributed by atoms with Crippen LogP contribution in [0.5, 0.6) is 0 Å². The fraction of sp³-hybridized carbons (Fsp3) is 0.214. The van der Waals surface area contributed by atoms with E-state index in [0.717, 1.165) is 17.7 Å². The highest BCUT2D eigenvalue weighted by molar-refractivity contribution is 6.34. The number of benzene rings is 1. The summed E-state index contributed by atoms with van der Waals surface area (Å²) in [5.74, 6) is 0.504. The Hall–Kier alpha value is -1.29. The van der Waals surface area contributed by atoms with Crippen molar-refractivity contribution in [1.82, 2.24) is 10.3 Å². The van der Waals surface area contributed by atoms with Crippen molar-refractivity contribution in [1.29, 1.82) is 0 Å². The molecule has 0 bridgehead atoms. The molecule has 19 heavy (non-hydrogen) atoms. The molecule has 1 aromatic carbocycles. The van der Waals surface area contributed by atoms with Crippen LogP contribution >= 0.6 is 23.2 Å². The van der Waals surface area contributed by atoms with Crippen LogP contribution in [0.1, 0.15) is 24.1 Å². The molecule has 0 fully saturated rings. The minimum Gasteiger partial charge on any atom is -0.383 e. The third-order valence-electron chi connectivity index (χ3n) is 2.81. The Morgan fingerprint density at radius 3 is 2.53 bits per heavy atom. The molecule has 1 heterocycles. The summed E-state index contributed by atoms with van der Waals surface area (Å²) < 4.78 is 0. The largest absolute Gasteiger partial charge is 0.383 e. The molecule has 0 aliphatic rings. The Kier molecular flexibility index (Phi) is 4.64. The van der Waals surface area contributed by atoms with Gasteiger partial charge in [-0.15, -0.1) is 0 Å². The average Bonchev–Trinajstić information content (AvgIpc) is 2.36. The van der Waals surface area contributed by atoms with Crippen LogP contribution in [0.15, 0.2) is 36.5 Å². The highest BCUT2D eigenvalue weighted by Gasteiger charge is 2.17. The second-order valence-corrected chi connectivity index (χ2v) is 5.04. The van der Waals surface area contributed by atoms with E-state index in [4.69, 9.17) is 28.9 Å². The molecular formula is C14H15Cl2N3. The number of rotatable bonds is 4. The van der Waals surface area contributed by atoms with E-state index in [1.165, 1.54) is 0 Å². The standard InChI is InChI=1S/C14H15Cl2N3/c1-2-18-13(12-4-3-5-19-14(12)17)9-6-10(15)8-11(16)7-9/h3-8,13,18H,2H2,1H3,(H2,17,19). The van der Waals surface area contributed by atoms with Crippen molar-refractivity contribution in [2.24, 2.45) is 0 Å². The van der Waals surface area contributed by atoms with Gasteiger partial charge in [-0.3, -0.25) is 0 Å². The summed E-state index contributed by atoms with van der Waals surface area (Å²) in [5, 5.41) is 4.58. The van der Waals surface area contributed by atoms with Crippen LogP contribution in [0.3, 0.4) is 0 Å². The van der Waals surface area contributed by atoms with Gasteiger partial charge in [-0.2, -0.15) is 0 Å². The summed E-state index contributed by atoms with van der Waals surface area (Å²) in [5.41, 5.74) is 7.84. The van der Waals surface area contributed by atoms with Crippen LogP contribution < -0.4 is 11.1 Å². The fourth-order valence-corrected chi connectivity index (χ4v) is 2.57. The molecule has 1 aromatic heterocycles. The lowest BCUT2D eigenvalue weighted by molar-refractivity contribution is 0.630. The molecule has 3 N–H and O–H groups in total. The second-order valence-electron chi connectivity index (χ2n) is 4.17. The minimum atomic E-state index is -0.0742. The van der Waals surface area contributed by atoms with E-state index in [1.54, 1.807) is 12.3 Å². The molecule has 0 saturated heterocycles. The zero-order valence-corrected chi connectivity index (χ0v) is 12.0. The smallest absolute Gasteiger partial charge is 0.128 e. The molecule has 1 atom stereocenters. The van der Waals surface area contributed by atoms with Gasteiger partial charge in [0.25, 0.3) is 0 Å². The third-order valence-corrected chi connectivity index (χ3v) is 3.25. The molecule has 0 amide bonds. The third kappa shape index (κ3) is 3.38. The highest BCUT2D eigenvalue weighted by atomic mass is 35.5. The summed E-state index contributed by atoms with van der Waals surface area (Å²) in [6.45, 7) is 2.83. The van der Waals surface area contributed by atoms with E-state index in [1.807, 2.05) is 31.2 Å². The van der Waals surface area contributed by atoms with E-state index in [2.05, 4.69) is 10.3 Å². The van der Waals surface area contributed by atoms with E-state index >= 15 is 0 Å². The zero-order chi connectivity index (χ0) is 13.8. The zero-order valence-electron chi connectivity index (χ0n) is 10.5. The Balaban J connectivity index is 2.48. The normalized spacial score (nSPS) is 12.4. The SMILES string of the molecule is CCNC(c1cc(Cl)cc(Cl)c1)c1cccnc1N. The van der Waals surface area contributed by atoms with Crippen LogP contribution in [0.4, 0.5) is 5.82 Å². The molecule has 3 nitrogen and oxygen atoms in total. The van der Waals surface area contributed by atoms with Gasteiger partial charge in [0.05, 0.1) is 6.04 Å². The van der Waals surface area contributed by atoms with Gasteiger partial charge in [-0.1, -0.05) is 36.2 Å². The lowest BCUT2D eigenvalue weighted by Gasteiger charge is -2.20. The molecule has 0 spiro atoms. The maximum Gasteiger partial charge on any atom is 0.128 e. The van der Waals surface area contributed by atoms with E-state index < -0.39 is 0 Å². The molecule has 2 rings (SSSR count). The molecule has 100 valence electrons. The summed E-state index contributed by atoms with van der Waals surface area (Å²) in [7, 11) is 0. The van der Waals surface area contributed by atoms with Crippen LogP contribution in [-0.2, 0) is 0 Å². The summed E-state index contributed by atoms with van der Waals surface area (Å²) in [6, 6.07) is 9.21. The first-order valence-electron chi connectivity index (χ1n) is 6.01. The molecule has 0 aliphatic heterocycles. The minimum absolute atomic E-state index is 0.0742. The summed E-state index contributed by atoms with van der Waals surface area (Å²) in [6.07, 6.45) is 1.67. The van der Waals surface area contributed by atoms with Gasteiger partial charge in [0.15, 0.2) is 0 Å². The van der Waals surface area contributed by atoms with Crippen molar-refractivity contribution in [3.05, 3.63) is 57.7 Å².